The lowest BCUT2D eigenvalue weighted by Crippen LogP contribution is -2.37. The van der Waals surface area contributed by atoms with Crippen molar-refractivity contribution >= 4 is 24.6 Å². The van der Waals surface area contributed by atoms with Crippen LogP contribution in [0.4, 0.5) is 0 Å². The third-order valence-corrected chi connectivity index (χ3v) is 1.54. The highest BCUT2D eigenvalue weighted by molar-refractivity contribution is 6.38. The number of methoxy groups -OCH3 is 1. The van der Waals surface area contributed by atoms with Gasteiger partial charge in [0.2, 0.25) is 0 Å². The van der Waals surface area contributed by atoms with Crippen LogP contribution < -0.4 is 0 Å². The SMILES string of the molecule is COC12N=CN=CC1=NC=N2. The highest BCUT2D eigenvalue weighted by atomic mass is 16.5. The van der Waals surface area contributed by atoms with Gasteiger partial charge in [-0.1, -0.05) is 0 Å². The van der Waals surface area contributed by atoms with Gasteiger partial charge in [0.15, 0.2) is 0 Å². The predicted octanol–water partition coefficient (Wildman–Crippen LogP) is -0.118. The van der Waals surface area contributed by atoms with Gasteiger partial charge >= 0.3 is 5.85 Å². The first kappa shape index (κ1) is 6.36. The number of nitrogens with zero attached hydrogens (tertiary/aromatic N) is 4. The average Bonchev–Trinajstić information content (AvgIpc) is 2.48. The Morgan fingerprint density at radius 1 is 1.36 bits per heavy atom. The number of hydrogen-bond acceptors (Lipinski definition) is 5. The van der Waals surface area contributed by atoms with Crippen molar-refractivity contribution in [3.8, 4) is 0 Å². The number of rotatable bonds is 1. The van der Waals surface area contributed by atoms with Crippen LogP contribution in [0, 0.1) is 0 Å². The summed E-state index contributed by atoms with van der Waals surface area (Å²) in [5.41, 5.74) is 0.627. The van der Waals surface area contributed by atoms with Crippen molar-refractivity contribution < 1.29 is 4.74 Å². The van der Waals surface area contributed by atoms with Crippen molar-refractivity contribution in [2.75, 3.05) is 7.11 Å². The minimum atomic E-state index is -0.929. The summed E-state index contributed by atoms with van der Waals surface area (Å²) < 4.78 is 5.08. The summed E-state index contributed by atoms with van der Waals surface area (Å²) in [7, 11) is 1.54. The first-order valence-electron chi connectivity index (χ1n) is 3.11. The number of ether oxygens (including phenoxy) is 1. The van der Waals surface area contributed by atoms with E-state index in [9.17, 15) is 0 Å². The molecule has 0 amide bonds. The van der Waals surface area contributed by atoms with Crippen molar-refractivity contribution in [2.45, 2.75) is 5.85 Å². The van der Waals surface area contributed by atoms with Gasteiger partial charge in [0.1, 0.15) is 18.4 Å². The molecule has 1 unspecified atom stereocenters. The second kappa shape index (κ2) is 2.06. The molecule has 1 atom stereocenters. The summed E-state index contributed by atoms with van der Waals surface area (Å²) in [6.45, 7) is 0. The van der Waals surface area contributed by atoms with E-state index in [4.69, 9.17) is 4.74 Å². The Morgan fingerprint density at radius 2 is 2.18 bits per heavy atom. The molecule has 0 N–H and O–H groups in total. The Bertz CT molecular complexity index is 291. The van der Waals surface area contributed by atoms with Crippen molar-refractivity contribution in [1.29, 1.82) is 0 Å². The standard InChI is InChI=1S/C6H6N4O/c1-11-6-5(8-4-10-6)2-7-3-9-6/h2-4H,1H3. The van der Waals surface area contributed by atoms with Crippen LogP contribution in [-0.4, -0.2) is 37.6 Å². The van der Waals surface area contributed by atoms with E-state index in [-0.39, 0.29) is 0 Å². The first-order valence-corrected chi connectivity index (χ1v) is 3.11. The van der Waals surface area contributed by atoms with Gasteiger partial charge in [-0.25, -0.2) is 20.0 Å². The summed E-state index contributed by atoms with van der Waals surface area (Å²) in [4.78, 5) is 15.7. The molecule has 5 heteroatoms. The van der Waals surface area contributed by atoms with Gasteiger partial charge in [-0.3, -0.25) is 0 Å². The van der Waals surface area contributed by atoms with Crippen molar-refractivity contribution in [3.63, 3.8) is 0 Å². The lowest BCUT2D eigenvalue weighted by Gasteiger charge is -2.20. The van der Waals surface area contributed by atoms with Crippen molar-refractivity contribution in [3.05, 3.63) is 0 Å². The molecule has 56 valence electrons. The van der Waals surface area contributed by atoms with Gasteiger partial charge < -0.3 is 4.74 Å². The second-order valence-corrected chi connectivity index (χ2v) is 2.09. The topological polar surface area (TPSA) is 58.7 Å². The van der Waals surface area contributed by atoms with Gasteiger partial charge in [-0.05, 0) is 0 Å². The Hall–Kier alpha value is -1.36. The largest absolute Gasteiger partial charge is 0.334 e. The van der Waals surface area contributed by atoms with Crippen LogP contribution in [0.5, 0.6) is 0 Å². The summed E-state index contributed by atoms with van der Waals surface area (Å²) in [6, 6.07) is 0. The lowest BCUT2D eigenvalue weighted by molar-refractivity contribution is 0.0706. The van der Waals surface area contributed by atoms with E-state index in [1.165, 1.54) is 19.8 Å². The highest BCUT2D eigenvalue weighted by Gasteiger charge is 2.37. The normalized spacial score (nSPS) is 32.3. The molecule has 2 aliphatic rings. The second-order valence-electron chi connectivity index (χ2n) is 2.09. The summed E-state index contributed by atoms with van der Waals surface area (Å²) in [5, 5.41) is 0. The minimum Gasteiger partial charge on any atom is -0.334 e. The number of fused-ring (bicyclic) bond motifs is 1. The Morgan fingerprint density at radius 3 is 2.91 bits per heavy atom. The maximum Gasteiger partial charge on any atom is 0.306 e. The Balaban J connectivity index is 2.46. The molecular weight excluding hydrogens is 144 g/mol. The molecule has 0 saturated heterocycles. The summed E-state index contributed by atoms with van der Waals surface area (Å²) >= 11 is 0. The van der Waals surface area contributed by atoms with Gasteiger partial charge in [0.05, 0.1) is 6.21 Å². The monoisotopic (exact) mass is 150 g/mol. The first-order chi connectivity index (χ1) is 5.37. The smallest absolute Gasteiger partial charge is 0.306 e. The molecule has 0 spiro atoms. The number of aliphatic imine (C=N–C) groups is 4. The van der Waals surface area contributed by atoms with Gasteiger partial charge in [0.25, 0.3) is 0 Å². The third-order valence-electron chi connectivity index (χ3n) is 1.54. The average molecular weight is 150 g/mol. The van der Waals surface area contributed by atoms with Gasteiger partial charge in [-0.2, -0.15) is 0 Å². The molecule has 0 aromatic heterocycles. The van der Waals surface area contributed by atoms with E-state index in [0.29, 0.717) is 5.71 Å². The molecule has 0 saturated carbocycles. The molecule has 0 aromatic carbocycles. The zero-order valence-electron chi connectivity index (χ0n) is 5.93. The highest BCUT2D eigenvalue weighted by Crippen LogP contribution is 2.20. The molecule has 2 heterocycles. The molecule has 0 radical (unpaired) electrons. The quantitative estimate of drug-likeness (QED) is 0.514. The fourth-order valence-corrected chi connectivity index (χ4v) is 0.962. The zero-order valence-corrected chi connectivity index (χ0v) is 5.93. The van der Waals surface area contributed by atoms with E-state index >= 15 is 0 Å². The fraction of sp³-hybridized carbons (Fsp3) is 0.333. The molecule has 0 aliphatic carbocycles. The molecule has 0 bridgehead atoms. The van der Waals surface area contributed by atoms with Crippen molar-refractivity contribution in [2.24, 2.45) is 20.0 Å². The van der Waals surface area contributed by atoms with Crippen LogP contribution >= 0.6 is 0 Å². The summed E-state index contributed by atoms with van der Waals surface area (Å²) in [6.07, 6.45) is 4.42. The van der Waals surface area contributed by atoms with Crippen LogP contribution in [0.1, 0.15) is 0 Å². The van der Waals surface area contributed by atoms with Crippen LogP contribution in [0.3, 0.4) is 0 Å². The fourth-order valence-electron chi connectivity index (χ4n) is 0.962. The molecule has 11 heavy (non-hydrogen) atoms. The molecular formula is C6H6N4O. The van der Waals surface area contributed by atoms with Gasteiger partial charge in [0, 0.05) is 7.11 Å². The lowest BCUT2D eigenvalue weighted by atomic mass is 10.2. The van der Waals surface area contributed by atoms with Crippen LogP contribution in [-0.2, 0) is 4.74 Å². The number of hydrogen-bond donors (Lipinski definition) is 0. The van der Waals surface area contributed by atoms with Crippen LogP contribution in [0.2, 0.25) is 0 Å². The third kappa shape index (κ3) is 0.743. The van der Waals surface area contributed by atoms with Crippen LogP contribution in [0.25, 0.3) is 0 Å². The van der Waals surface area contributed by atoms with E-state index in [1.54, 1.807) is 6.21 Å². The van der Waals surface area contributed by atoms with E-state index in [0.717, 1.165) is 0 Å². The zero-order chi connectivity index (χ0) is 7.73. The Labute approximate surface area is 63.2 Å². The van der Waals surface area contributed by atoms with E-state index in [2.05, 4.69) is 20.0 Å². The molecule has 0 aromatic rings. The predicted molar refractivity (Wildman–Crippen MR) is 42.7 cm³/mol. The molecule has 2 aliphatic heterocycles. The van der Waals surface area contributed by atoms with Crippen LogP contribution in [0.15, 0.2) is 20.0 Å². The molecule has 0 fully saturated rings. The maximum absolute atomic E-state index is 5.08. The van der Waals surface area contributed by atoms with Gasteiger partial charge in [-0.15, -0.1) is 0 Å². The maximum atomic E-state index is 5.08. The summed E-state index contributed by atoms with van der Waals surface area (Å²) in [5.74, 6) is -0.929. The van der Waals surface area contributed by atoms with Crippen molar-refractivity contribution in [1.82, 2.24) is 0 Å². The minimum absolute atomic E-state index is 0.627. The molecule has 2 rings (SSSR count). The Kier molecular flexibility index (Phi) is 1.19. The molecule has 5 nitrogen and oxygen atoms in total. The van der Waals surface area contributed by atoms with E-state index in [1.807, 2.05) is 0 Å². The van der Waals surface area contributed by atoms with E-state index < -0.39 is 5.85 Å².